The Morgan fingerprint density at radius 2 is 1.64 bits per heavy atom. The number of hydrogen-bond acceptors (Lipinski definition) is 7. The van der Waals surface area contributed by atoms with Crippen molar-refractivity contribution in [1.29, 1.82) is 0 Å². The van der Waals surface area contributed by atoms with Gasteiger partial charge in [-0.2, -0.15) is 31.4 Å². The van der Waals surface area contributed by atoms with Crippen LogP contribution in [-0.2, 0) is 20.8 Å². The number of aromatic nitrogens is 2. The summed E-state index contributed by atoms with van der Waals surface area (Å²) in [6.45, 7) is 1.66. The molecule has 0 radical (unpaired) electrons. The number of aromatic amines is 1. The summed E-state index contributed by atoms with van der Waals surface area (Å²) in [5, 5.41) is 24.1. The van der Waals surface area contributed by atoms with Gasteiger partial charge in [0.25, 0.3) is 0 Å². The number of hydrogen-bond donors (Lipinski definition) is 4. The second-order valence-electron chi connectivity index (χ2n) is 9.26. The van der Waals surface area contributed by atoms with E-state index >= 15 is 0 Å². The van der Waals surface area contributed by atoms with Crippen LogP contribution in [0.4, 0.5) is 32.0 Å². The minimum Gasteiger partial charge on any atom is -0.492 e. The zero-order valence-corrected chi connectivity index (χ0v) is 23.2. The Labute approximate surface area is 246 Å². The summed E-state index contributed by atoms with van der Waals surface area (Å²) in [5.74, 6) is -4.33. The van der Waals surface area contributed by atoms with Crippen LogP contribution in [0.3, 0.4) is 0 Å². The van der Waals surface area contributed by atoms with Gasteiger partial charge in [0.05, 0.1) is 17.8 Å². The van der Waals surface area contributed by atoms with Crippen LogP contribution in [0.25, 0.3) is 11.1 Å². The number of carbonyl (C=O) groups is 3. The lowest BCUT2D eigenvalue weighted by Gasteiger charge is -2.25. The number of halogens is 6. The minimum atomic E-state index is -5.08. The second-order valence-corrected chi connectivity index (χ2v) is 9.26. The Kier molecular flexibility index (Phi) is 12.6. The first kappa shape index (κ1) is 35.4. The molecule has 1 aromatic heterocycles. The van der Waals surface area contributed by atoms with Crippen LogP contribution in [0, 0.1) is 5.92 Å². The maximum Gasteiger partial charge on any atom is 0.490 e. The monoisotopic (exact) mass is 634 g/mol. The largest absolute Gasteiger partial charge is 0.492 e. The van der Waals surface area contributed by atoms with Gasteiger partial charge in [-0.3, -0.25) is 9.89 Å². The highest BCUT2D eigenvalue weighted by atomic mass is 19.4. The molecule has 240 valence electrons. The summed E-state index contributed by atoms with van der Waals surface area (Å²) < 4.78 is 75.3. The predicted octanol–water partition coefficient (Wildman–Crippen LogP) is 4.47. The molecule has 0 saturated heterocycles. The molecule has 3 aromatic rings. The van der Waals surface area contributed by atoms with Gasteiger partial charge in [-0.1, -0.05) is 24.3 Å². The molecule has 1 aliphatic heterocycles. The molecule has 1 atom stereocenters. The van der Waals surface area contributed by atoms with E-state index in [9.17, 15) is 31.1 Å². The van der Waals surface area contributed by atoms with Gasteiger partial charge in [0.1, 0.15) is 24.7 Å². The van der Waals surface area contributed by atoms with Gasteiger partial charge in [-0.05, 0) is 49.8 Å². The van der Waals surface area contributed by atoms with Crippen molar-refractivity contribution in [3.05, 3.63) is 60.4 Å². The van der Waals surface area contributed by atoms with E-state index in [1.165, 1.54) is 0 Å². The lowest BCUT2D eigenvalue weighted by Crippen LogP contribution is -2.32. The van der Waals surface area contributed by atoms with E-state index in [-0.39, 0.29) is 11.8 Å². The number of aliphatic carboxylic acids is 2. The smallest absolute Gasteiger partial charge is 0.490 e. The highest BCUT2D eigenvalue weighted by Crippen LogP contribution is 2.32. The van der Waals surface area contributed by atoms with E-state index in [1.807, 2.05) is 62.8 Å². The summed E-state index contributed by atoms with van der Waals surface area (Å²) in [4.78, 5) is 32.8. The number of carboxylic acid groups (broad SMARTS) is 2. The summed E-state index contributed by atoms with van der Waals surface area (Å²) in [6, 6.07) is 13.6. The van der Waals surface area contributed by atoms with Crippen LogP contribution in [0.15, 0.2) is 54.9 Å². The van der Waals surface area contributed by atoms with Crippen LogP contribution >= 0.6 is 0 Å². The third-order valence-corrected chi connectivity index (χ3v) is 5.60. The van der Waals surface area contributed by atoms with Gasteiger partial charge in [0.2, 0.25) is 5.91 Å². The topological polar surface area (TPSA) is 154 Å². The number of carbonyl (C=O) groups excluding carboxylic acids is 1. The van der Waals surface area contributed by atoms with Crippen LogP contribution in [-0.4, -0.2) is 89.4 Å². The summed E-state index contributed by atoms with van der Waals surface area (Å²) in [7, 11) is 3.99. The molecule has 0 bridgehead atoms. The number of para-hydroxylation sites is 1. The average Bonchev–Trinajstić information content (AvgIpc) is 3.48. The number of alkyl halides is 6. The first-order valence-electron chi connectivity index (χ1n) is 12.5. The van der Waals surface area contributed by atoms with Crippen molar-refractivity contribution < 1.29 is 60.4 Å². The molecule has 4 N–H and O–H groups in total. The number of H-pyrrole nitrogens is 1. The lowest BCUT2D eigenvalue weighted by atomic mass is 9.96. The Hall–Kier alpha value is -4.80. The fourth-order valence-electron chi connectivity index (χ4n) is 3.40. The second kappa shape index (κ2) is 15.6. The highest BCUT2D eigenvalue weighted by molar-refractivity contribution is 5.95. The predicted molar refractivity (Wildman–Crippen MR) is 143 cm³/mol. The molecule has 1 amide bonds. The van der Waals surface area contributed by atoms with Crippen LogP contribution < -0.4 is 14.8 Å². The fraction of sp³-hybridized carbons (Fsp3) is 0.333. The molecule has 2 aromatic carbocycles. The van der Waals surface area contributed by atoms with E-state index in [1.54, 1.807) is 6.20 Å². The van der Waals surface area contributed by atoms with Gasteiger partial charge < -0.3 is 29.9 Å². The van der Waals surface area contributed by atoms with E-state index in [0.29, 0.717) is 31.1 Å². The first-order chi connectivity index (χ1) is 20.5. The van der Waals surface area contributed by atoms with E-state index in [4.69, 9.17) is 29.3 Å². The standard InChI is InChI=1S/C23H26N4O3.2C2HF3O2/c1-27(2)9-10-29-22-12-16(19-13-24-25-14-19)7-8-20(22)26-23(28)18-11-17-5-3-4-6-21(17)30-15-18;2*3-2(4,5)1(6)7/h3-8,12-14,18H,9-11,15H2,1-2H3,(H,24,25)(H,26,28);2*(H,6,7). The van der Waals surface area contributed by atoms with Crippen molar-refractivity contribution >= 4 is 23.5 Å². The van der Waals surface area contributed by atoms with Crippen molar-refractivity contribution in [3.63, 3.8) is 0 Å². The van der Waals surface area contributed by atoms with Crippen LogP contribution in [0.1, 0.15) is 5.56 Å². The molecule has 17 heteroatoms. The molecule has 2 heterocycles. The fourth-order valence-corrected chi connectivity index (χ4v) is 3.40. The molecule has 1 aliphatic rings. The quantitative estimate of drug-likeness (QED) is 0.276. The normalized spacial score (nSPS) is 14.1. The Bertz CT molecular complexity index is 1370. The SMILES string of the molecule is CN(C)CCOc1cc(-c2cn[nH]c2)ccc1NC(=O)C1COc2ccccc2C1.O=C(O)C(F)(F)F.O=C(O)C(F)(F)F. The maximum absolute atomic E-state index is 13.0. The van der Waals surface area contributed by atoms with Gasteiger partial charge in [0, 0.05) is 18.3 Å². The lowest BCUT2D eigenvalue weighted by molar-refractivity contribution is -0.193. The van der Waals surface area contributed by atoms with E-state index in [2.05, 4.69) is 20.4 Å². The first-order valence-corrected chi connectivity index (χ1v) is 12.5. The van der Waals surface area contributed by atoms with Crippen molar-refractivity contribution in [2.24, 2.45) is 5.92 Å². The summed E-state index contributed by atoms with van der Waals surface area (Å²) >= 11 is 0. The molecule has 0 spiro atoms. The number of nitrogens with zero attached hydrogens (tertiary/aromatic N) is 2. The number of anilines is 1. The van der Waals surface area contributed by atoms with Crippen LogP contribution in [0.2, 0.25) is 0 Å². The maximum atomic E-state index is 13.0. The number of carboxylic acids is 2. The Morgan fingerprint density at radius 1 is 1.02 bits per heavy atom. The number of amides is 1. The number of ether oxygens (including phenoxy) is 2. The van der Waals surface area contributed by atoms with Crippen molar-refractivity contribution in [2.45, 2.75) is 18.8 Å². The molecule has 11 nitrogen and oxygen atoms in total. The molecular formula is C27H28F6N4O7. The molecule has 4 rings (SSSR count). The number of nitrogens with one attached hydrogen (secondary N) is 2. The number of likely N-dealkylation sites (N-methyl/N-ethyl adjacent to an activating group) is 1. The molecule has 0 fully saturated rings. The van der Waals surface area contributed by atoms with Crippen molar-refractivity contribution in [3.8, 4) is 22.6 Å². The van der Waals surface area contributed by atoms with Gasteiger partial charge in [0.15, 0.2) is 0 Å². The summed E-state index contributed by atoms with van der Waals surface area (Å²) in [6.07, 6.45) is -5.92. The van der Waals surface area contributed by atoms with Crippen LogP contribution in [0.5, 0.6) is 11.5 Å². The van der Waals surface area contributed by atoms with Crippen molar-refractivity contribution in [2.75, 3.05) is 39.2 Å². The van der Waals surface area contributed by atoms with Gasteiger partial charge >= 0.3 is 24.3 Å². The van der Waals surface area contributed by atoms with E-state index < -0.39 is 24.3 Å². The molecule has 44 heavy (non-hydrogen) atoms. The Balaban J connectivity index is 0.000000402. The van der Waals surface area contributed by atoms with Gasteiger partial charge in [-0.25, -0.2) is 9.59 Å². The Morgan fingerprint density at radius 3 is 2.18 bits per heavy atom. The summed E-state index contributed by atoms with van der Waals surface area (Å²) in [5.41, 5.74) is 3.64. The average molecular weight is 635 g/mol. The number of benzene rings is 2. The van der Waals surface area contributed by atoms with E-state index in [0.717, 1.165) is 29.0 Å². The third kappa shape index (κ3) is 11.5. The zero-order chi connectivity index (χ0) is 33.1. The molecule has 1 unspecified atom stereocenters. The molecule has 0 saturated carbocycles. The third-order valence-electron chi connectivity index (χ3n) is 5.60. The van der Waals surface area contributed by atoms with Gasteiger partial charge in [-0.15, -0.1) is 0 Å². The zero-order valence-electron chi connectivity index (χ0n) is 23.2. The minimum absolute atomic E-state index is 0.0713. The highest BCUT2D eigenvalue weighted by Gasteiger charge is 2.39. The van der Waals surface area contributed by atoms with Crippen molar-refractivity contribution in [1.82, 2.24) is 15.1 Å². The number of rotatable bonds is 7. The molecular weight excluding hydrogens is 606 g/mol. The molecule has 0 aliphatic carbocycles. The number of fused-ring (bicyclic) bond motifs is 1.